The Bertz CT molecular complexity index is 409. The van der Waals surface area contributed by atoms with Gasteiger partial charge in [-0.3, -0.25) is 4.79 Å². The summed E-state index contributed by atoms with van der Waals surface area (Å²) in [5, 5.41) is 2.62. The van der Waals surface area contributed by atoms with E-state index in [1.54, 1.807) is 13.0 Å². The monoisotopic (exact) mass is 240 g/mol. The summed E-state index contributed by atoms with van der Waals surface area (Å²) in [7, 11) is 0. The van der Waals surface area contributed by atoms with Crippen molar-refractivity contribution in [3.05, 3.63) is 35.6 Å². The van der Waals surface area contributed by atoms with Crippen LogP contribution in [0.1, 0.15) is 23.7 Å². The molecule has 1 rings (SSSR count). The van der Waals surface area contributed by atoms with Crippen LogP contribution in [-0.2, 0) is 0 Å². The fraction of sp³-hybridized carbons (Fsp3) is 0.273. The lowest BCUT2D eigenvalue weighted by Gasteiger charge is -2.13. The van der Waals surface area contributed by atoms with E-state index >= 15 is 0 Å². The average Bonchev–Trinajstić information content (AvgIpc) is 2.16. The second-order valence-corrected chi connectivity index (χ2v) is 4.05. The largest absolute Gasteiger partial charge is 0.393 e. The molecule has 0 aliphatic carbocycles. The van der Waals surface area contributed by atoms with E-state index in [4.69, 9.17) is 18.0 Å². The number of thiocarbonyl (C=S) groups is 1. The third-order valence-electron chi connectivity index (χ3n) is 2.00. The Hall–Kier alpha value is -1.49. The van der Waals surface area contributed by atoms with Gasteiger partial charge in [0.25, 0.3) is 5.91 Å². The Morgan fingerprint density at radius 2 is 2.19 bits per heavy atom. The van der Waals surface area contributed by atoms with Gasteiger partial charge < -0.3 is 11.1 Å². The van der Waals surface area contributed by atoms with E-state index in [-0.39, 0.29) is 11.6 Å². The van der Waals surface area contributed by atoms with Crippen LogP contribution in [0.4, 0.5) is 4.39 Å². The molecule has 1 unspecified atom stereocenters. The number of hydrogen-bond acceptors (Lipinski definition) is 2. The number of hydrogen-bond donors (Lipinski definition) is 2. The van der Waals surface area contributed by atoms with Gasteiger partial charge in [0.15, 0.2) is 0 Å². The molecule has 1 aromatic carbocycles. The summed E-state index contributed by atoms with van der Waals surface area (Å²) in [5.74, 6) is -0.996. The number of benzene rings is 1. The van der Waals surface area contributed by atoms with Crippen molar-refractivity contribution in [2.45, 2.75) is 19.4 Å². The first-order valence-corrected chi connectivity index (χ1v) is 5.25. The molecule has 3 nitrogen and oxygen atoms in total. The van der Waals surface area contributed by atoms with E-state index in [0.717, 1.165) is 0 Å². The fourth-order valence-electron chi connectivity index (χ4n) is 1.30. The number of nitrogens with one attached hydrogen (secondary N) is 1. The van der Waals surface area contributed by atoms with Gasteiger partial charge in [-0.25, -0.2) is 4.39 Å². The molecule has 86 valence electrons. The molecule has 1 aromatic rings. The average molecular weight is 240 g/mol. The molecule has 0 aliphatic heterocycles. The molecule has 0 radical (unpaired) electrons. The summed E-state index contributed by atoms with van der Waals surface area (Å²) in [5.41, 5.74) is 5.37. The summed E-state index contributed by atoms with van der Waals surface area (Å²) in [6.07, 6.45) is 0.398. The van der Waals surface area contributed by atoms with Crippen LogP contribution in [0.25, 0.3) is 0 Å². The molecule has 0 bridgehead atoms. The van der Waals surface area contributed by atoms with Gasteiger partial charge >= 0.3 is 0 Å². The van der Waals surface area contributed by atoms with E-state index in [2.05, 4.69) is 5.32 Å². The van der Waals surface area contributed by atoms with Crippen molar-refractivity contribution in [1.29, 1.82) is 0 Å². The van der Waals surface area contributed by atoms with Crippen LogP contribution in [0.15, 0.2) is 24.3 Å². The second-order valence-electron chi connectivity index (χ2n) is 3.52. The Labute approximate surface area is 98.8 Å². The topological polar surface area (TPSA) is 55.1 Å². The summed E-state index contributed by atoms with van der Waals surface area (Å²) in [6.45, 7) is 1.76. The molecule has 0 saturated carbocycles. The number of halogens is 1. The van der Waals surface area contributed by atoms with Crippen molar-refractivity contribution in [2.75, 3.05) is 0 Å². The van der Waals surface area contributed by atoms with Gasteiger partial charge in [-0.1, -0.05) is 24.4 Å². The zero-order valence-corrected chi connectivity index (χ0v) is 9.68. The molecule has 0 fully saturated rings. The van der Waals surface area contributed by atoms with Crippen LogP contribution in [0.3, 0.4) is 0 Å². The Morgan fingerprint density at radius 3 is 2.75 bits per heavy atom. The van der Waals surface area contributed by atoms with Crippen molar-refractivity contribution in [3.8, 4) is 0 Å². The zero-order valence-electron chi connectivity index (χ0n) is 8.87. The predicted molar refractivity (Wildman–Crippen MR) is 64.7 cm³/mol. The van der Waals surface area contributed by atoms with Gasteiger partial charge in [0, 0.05) is 12.5 Å². The first kappa shape index (κ1) is 12.6. The molecule has 3 N–H and O–H groups in total. The first-order chi connectivity index (χ1) is 7.50. The summed E-state index contributed by atoms with van der Waals surface area (Å²) < 4.78 is 13.2. The molecule has 0 aliphatic rings. The van der Waals surface area contributed by atoms with E-state index < -0.39 is 11.7 Å². The van der Waals surface area contributed by atoms with E-state index in [0.29, 0.717) is 11.4 Å². The maximum atomic E-state index is 13.2. The number of carbonyl (C=O) groups is 1. The van der Waals surface area contributed by atoms with Gasteiger partial charge in [0.2, 0.25) is 0 Å². The summed E-state index contributed by atoms with van der Waals surface area (Å²) in [6, 6.07) is 5.61. The van der Waals surface area contributed by atoms with Crippen molar-refractivity contribution in [1.82, 2.24) is 5.32 Å². The molecule has 5 heteroatoms. The Balaban J connectivity index is 2.66. The highest BCUT2D eigenvalue weighted by atomic mass is 32.1. The smallest absolute Gasteiger partial charge is 0.254 e. The van der Waals surface area contributed by atoms with Gasteiger partial charge in [-0.05, 0) is 19.1 Å². The lowest BCUT2D eigenvalue weighted by molar-refractivity contribution is 0.0937. The standard InChI is InChI=1S/C11H13FN2OS/c1-7(6-10(13)16)14-11(15)8-4-2-3-5-9(8)12/h2-5,7H,6H2,1H3,(H2,13,16)(H,14,15). The van der Waals surface area contributed by atoms with Crippen molar-refractivity contribution in [2.24, 2.45) is 5.73 Å². The maximum Gasteiger partial charge on any atom is 0.254 e. The first-order valence-electron chi connectivity index (χ1n) is 4.84. The van der Waals surface area contributed by atoms with E-state index in [1.165, 1.54) is 18.2 Å². The lowest BCUT2D eigenvalue weighted by Crippen LogP contribution is -2.35. The van der Waals surface area contributed by atoms with Crippen LogP contribution in [0, 0.1) is 5.82 Å². The number of amides is 1. The van der Waals surface area contributed by atoms with Crippen LogP contribution in [-0.4, -0.2) is 16.9 Å². The minimum Gasteiger partial charge on any atom is -0.393 e. The summed E-state index contributed by atoms with van der Waals surface area (Å²) >= 11 is 4.72. The van der Waals surface area contributed by atoms with Gasteiger partial charge in [0.05, 0.1) is 10.6 Å². The molecule has 1 amide bonds. The molecule has 1 atom stereocenters. The quantitative estimate of drug-likeness (QED) is 0.786. The minimum atomic E-state index is -0.539. The molecule has 0 saturated heterocycles. The third kappa shape index (κ3) is 3.58. The number of rotatable bonds is 4. The molecule has 0 aromatic heterocycles. The Kier molecular flexibility index (Phi) is 4.37. The Morgan fingerprint density at radius 1 is 1.56 bits per heavy atom. The number of nitrogens with two attached hydrogens (primary N) is 1. The normalized spacial score (nSPS) is 11.9. The minimum absolute atomic E-state index is 0.0253. The van der Waals surface area contributed by atoms with Gasteiger partial charge in [-0.15, -0.1) is 0 Å². The van der Waals surface area contributed by atoms with Crippen LogP contribution in [0.5, 0.6) is 0 Å². The molecule has 0 heterocycles. The SMILES string of the molecule is CC(CC(N)=S)NC(=O)c1ccccc1F. The van der Waals surface area contributed by atoms with Crippen LogP contribution >= 0.6 is 12.2 Å². The van der Waals surface area contributed by atoms with Crippen molar-refractivity contribution < 1.29 is 9.18 Å². The van der Waals surface area contributed by atoms with Crippen LogP contribution in [0.2, 0.25) is 0 Å². The molecule has 0 spiro atoms. The maximum absolute atomic E-state index is 13.2. The highest BCUT2D eigenvalue weighted by Crippen LogP contribution is 2.06. The summed E-state index contributed by atoms with van der Waals surface area (Å²) in [4.78, 5) is 11.9. The number of carbonyl (C=O) groups excluding carboxylic acids is 1. The second kappa shape index (κ2) is 5.55. The van der Waals surface area contributed by atoms with Crippen LogP contribution < -0.4 is 11.1 Å². The highest BCUT2D eigenvalue weighted by Gasteiger charge is 2.13. The predicted octanol–water partition coefficient (Wildman–Crippen LogP) is 1.62. The van der Waals surface area contributed by atoms with Gasteiger partial charge in [0.1, 0.15) is 5.82 Å². The highest BCUT2D eigenvalue weighted by molar-refractivity contribution is 7.80. The van der Waals surface area contributed by atoms with Gasteiger partial charge in [-0.2, -0.15) is 0 Å². The van der Waals surface area contributed by atoms with Crippen molar-refractivity contribution in [3.63, 3.8) is 0 Å². The molecular formula is C11H13FN2OS. The fourth-order valence-corrected chi connectivity index (χ4v) is 1.55. The van der Waals surface area contributed by atoms with E-state index in [9.17, 15) is 9.18 Å². The third-order valence-corrected chi connectivity index (χ3v) is 2.17. The lowest BCUT2D eigenvalue weighted by atomic mass is 10.1. The zero-order chi connectivity index (χ0) is 12.1. The molecule has 16 heavy (non-hydrogen) atoms. The molecular weight excluding hydrogens is 227 g/mol. The van der Waals surface area contributed by atoms with E-state index in [1.807, 2.05) is 0 Å². The van der Waals surface area contributed by atoms with Crippen molar-refractivity contribution >= 4 is 23.1 Å².